The van der Waals surface area contributed by atoms with Crippen LogP contribution in [0, 0.1) is 0 Å². The molecule has 30 heavy (non-hydrogen) atoms. The molecular weight excluding hydrogens is 414 g/mol. The zero-order valence-electron chi connectivity index (χ0n) is 17.5. The predicted octanol–water partition coefficient (Wildman–Crippen LogP) is 4.71. The minimum Gasteiger partial charge on any atom is -0.462 e. The molecule has 0 radical (unpaired) electrons. The van der Waals surface area contributed by atoms with Crippen LogP contribution in [0.1, 0.15) is 47.0 Å². The number of carbonyl (C=O) groups is 1. The maximum absolute atomic E-state index is 12.7. The van der Waals surface area contributed by atoms with E-state index in [-0.39, 0.29) is 5.97 Å². The Hall–Kier alpha value is -2.12. The van der Waals surface area contributed by atoms with Crippen molar-refractivity contribution >= 4 is 45.3 Å². The van der Waals surface area contributed by atoms with E-state index in [9.17, 15) is 4.79 Å². The van der Waals surface area contributed by atoms with Crippen LogP contribution >= 0.6 is 23.6 Å². The molecule has 0 spiro atoms. The zero-order chi connectivity index (χ0) is 20.9. The summed E-state index contributed by atoms with van der Waals surface area (Å²) >= 11 is 7.42. The maximum Gasteiger partial charge on any atom is 0.341 e. The van der Waals surface area contributed by atoms with E-state index in [4.69, 9.17) is 17.0 Å². The molecule has 1 saturated heterocycles. The summed E-state index contributed by atoms with van der Waals surface area (Å²) in [4.78, 5) is 18.7. The number of para-hydroxylation sites is 1. The van der Waals surface area contributed by atoms with Crippen molar-refractivity contribution < 1.29 is 9.53 Å². The highest BCUT2D eigenvalue weighted by Gasteiger charge is 2.27. The number of piperazine rings is 1. The van der Waals surface area contributed by atoms with Crippen LogP contribution in [0.15, 0.2) is 30.3 Å². The number of ether oxygens (including phenoxy) is 1. The lowest BCUT2D eigenvalue weighted by Crippen LogP contribution is -2.50. The number of carbonyl (C=O) groups excluding carboxylic acids is 1. The normalized spacial score (nSPS) is 16.6. The van der Waals surface area contributed by atoms with Gasteiger partial charge < -0.3 is 19.9 Å². The molecule has 1 aromatic heterocycles. The van der Waals surface area contributed by atoms with Crippen LogP contribution < -0.4 is 10.2 Å². The molecule has 0 saturated carbocycles. The summed E-state index contributed by atoms with van der Waals surface area (Å²) in [5.41, 5.74) is 3.14. The van der Waals surface area contributed by atoms with Crippen LogP contribution in [0.2, 0.25) is 0 Å². The molecule has 2 heterocycles. The standard InChI is InChI=1S/C23H29N3O2S2/c1-2-28-22(27)20-18-11-7-4-8-12-19(18)30-21(20)24-23(29)26-15-13-25(14-16-26)17-9-5-3-6-10-17/h3,5-6,9-10H,2,4,7-8,11-16H2,1H3,(H,24,29). The minimum atomic E-state index is -0.226. The summed E-state index contributed by atoms with van der Waals surface area (Å²) in [7, 11) is 0. The van der Waals surface area contributed by atoms with Crippen molar-refractivity contribution in [1.82, 2.24) is 4.90 Å². The summed E-state index contributed by atoms with van der Waals surface area (Å²) < 4.78 is 5.39. The summed E-state index contributed by atoms with van der Waals surface area (Å²) in [5.74, 6) is -0.226. The van der Waals surface area contributed by atoms with Crippen LogP contribution in [0.5, 0.6) is 0 Å². The molecule has 1 aliphatic heterocycles. The Bertz CT molecular complexity index is 889. The molecule has 5 nitrogen and oxygen atoms in total. The van der Waals surface area contributed by atoms with Gasteiger partial charge in [-0.25, -0.2) is 4.79 Å². The molecule has 4 rings (SSSR count). The van der Waals surface area contributed by atoms with Crippen molar-refractivity contribution in [2.75, 3.05) is 43.0 Å². The molecule has 0 bridgehead atoms. The molecular formula is C23H29N3O2S2. The summed E-state index contributed by atoms with van der Waals surface area (Å²) in [6.45, 7) is 5.82. The van der Waals surface area contributed by atoms with E-state index >= 15 is 0 Å². The van der Waals surface area contributed by atoms with Crippen molar-refractivity contribution in [3.8, 4) is 0 Å². The molecule has 2 aromatic rings. The topological polar surface area (TPSA) is 44.8 Å². The number of benzene rings is 1. The monoisotopic (exact) mass is 443 g/mol. The zero-order valence-corrected chi connectivity index (χ0v) is 19.1. The Labute approximate surface area is 188 Å². The van der Waals surface area contributed by atoms with Crippen LogP contribution in [-0.4, -0.2) is 48.8 Å². The summed E-state index contributed by atoms with van der Waals surface area (Å²) in [6.07, 6.45) is 5.51. The van der Waals surface area contributed by atoms with Crippen LogP contribution in [0.25, 0.3) is 0 Å². The molecule has 1 aliphatic carbocycles. The number of rotatable bonds is 4. The van der Waals surface area contributed by atoms with Crippen LogP contribution in [-0.2, 0) is 17.6 Å². The highest BCUT2D eigenvalue weighted by atomic mass is 32.1. The number of thiocarbonyl (C=S) groups is 1. The number of nitrogens with one attached hydrogen (secondary N) is 1. The van der Waals surface area contributed by atoms with E-state index < -0.39 is 0 Å². The first kappa shape index (κ1) is 21.1. The van der Waals surface area contributed by atoms with Crippen LogP contribution in [0.3, 0.4) is 0 Å². The van der Waals surface area contributed by atoms with Gasteiger partial charge in [0.2, 0.25) is 0 Å². The quantitative estimate of drug-likeness (QED) is 0.419. The second-order valence-corrected chi connectivity index (χ2v) is 9.22. The van der Waals surface area contributed by atoms with Gasteiger partial charge in [0.15, 0.2) is 5.11 Å². The van der Waals surface area contributed by atoms with Gasteiger partial charge in [0.25, 0.3) is 0 Å². The second kappa shape index (κ2) is 9.79. The number of hydrogen-bond acceptors (Lipinski definition) is 5. The van der Waals surface area contributed by atoms with Crippen molar-refractivity contribution in [1.29, 1.82) is 0 Å². The molecule has 1 fully saturated rings. The van der Waals surface area contributed by atoms with E-state index in [0.717, 1.165) is 50.4 Å². The number of hydrogen-bond donors (Lipinski definition) is 1. The highest BCUT2D eigenvalue weighted by molar-refractivity contribution is 7.80. The van der Waals surface area contributed by atoms with Gasteiger partial charge in [-0.1, -0.05) is 24.6 Å². The fourth-order valence-electron chi connectivity index (χ4n) is 4.23. The third-order valence-electron chi connectivity index (χ3n) is 5.81. The lowest BCUT2D eigenvalue weighted by atomic mass is 10.1. The molecule has 160 valence electrons. The SMILES string of the molecule is CCOC(=O)c1c(NC(=S)N2CCN(c3ccccc3)CC2)sc2c1CCCCC2. The van der Waals surface area contributed by atoms with Crippen molar-refractivity contribution in [2.45, 2.75) is 39.0 Å². The molecule has 0 amide bonds. The van der Waals surface area contributed by atoms with Crippen molar-refractivity contribution in [2.24, 2.45) is 0 Å². The first-order valence-electron chi connectivity index (χ1n) is 10.8. The van der Waals surface area contributed by atoms with E-state index in [1.54, 1.807) is 11.3 Å². The predicted molar refractivity (Wildman–Crippen MR) is 128 cm³/mol. The summed E-state index contributed by atoms with van der Waals surface area (Å²) in [5, 5.41) is 4.96. The molecule has 0 unspecified atom stereocenters. The summed E-state index contributed by atoms with van der Waals surface area (Å²) in [6, 6.07) is 10.5. The fraction of sp³-hybridized carbons (Fsp3) is 0.478. The average Bonchev–Trinajstić information content (AvgIpc) is 2.95. The number of esters is 1. The molecule has 1 aromatic carbocycles. The first-order chi connectivity index (χ1) is 14.7. The maximum atomic E-state index is 12.7. The second-order valence-electron chi connectivity index (χ2n) is 7.73. The number of anilines is 2. The Morgan fingerprint density at radius 1 is 1.10 bits per heavy atom. The Kier molecular flexibility index (Phi) is 6.89. The first-order valence-corrected chi connectivity index (χ1v) is 12.1. The van der Waals surface area contributed by atoms with Gasteiger partial charge in [-0.05, 0) is 62.5 Å². The Morgan fingerprint density at radius 3 is 2.57 bits per heavy atom. The molecule has 7 heteroatoms. The molecule has 1 N–H and O–H groups in total. The Morgan fingerprint density at radius 2 is 1.83 bits per heavy atom. The van der Waals surface area contributed by atoms with Gasteiger partial charge in [-0.3, -0.25) is 0 Å². The van der Waals surface area contributed by atoms with E-state index in [1.807, 2.05) is 13.0 Å². The number of nitrogens with zero attached hydrogens (tertiary/aromatic N) is 2. The van der Waals surface area contributed by atoms with E-state index in [2.05, 4.69) is 39.4 Å². The van der Waals surface area contributed by atoms with Crippen molar-refractivity contribution in [3.63, 3.8) is 0 Å². The van der Waals surface area contributed by atoms with E-state index in [0.29, 0.717) is 17.3 Å². The number of aryl methyl sites for hydroxylation is 1. The lowest BCUT2D eigenvalue weighted by molar-refractivity contribution is 0.0527. The number of fused-ring (bicyclic) bond motifs is 1. The smallest absolute Gasteiger partial charge is 0.341 e. The van der Waals surface area contributed by atoms with E-state index in [1.165, 1.54) is 29.0 Å². The fourth-order valence-corrected chi connectivity index (χ4v) is 5.86. The average molecular weight is 444 g/mol. The van der Waals surface area contributed by atoms with Crippen LogP contribution in [0.4, 0.5) is 10.7 Å². The van der Waals surface area contributed by atoms with Gasteiger partial charge in [0.05, 0.1) is 12.2 Å². The third-order valence-corrected chi connectivity index (χ3v) is 7.38. The van der Waals surface area contributed by atoms with Gasteiger partial charge in [-0.2, -0.15) is 0 Å². The van der Waals surface area contributed by atoms with Gasteiger partial charge in [-0.15, -0.1) is 11.3 Å². The lowest BCUT2D eigenvalue weighted by Gasteiger charge is -2.37. The van der Waals surface area contributed by atoms with Crippen molar-refractivity contribution in [3.05, 3.63) is 46.3 Å². The van der Waals surface area contributed by atoms with Gasteiger partial charge in [0.1, 0.15) is 5.00 Å². The number of thiophene rings is 1. The highest BCUT2D eigenvalue weighted by Crippen LogP contribution is 2.38. The largest absolute Gasteiger partial charge is 0.462 e. The van der Waals surface area contributed by atoms with Gasteiger partial charge >= 0.3 is 5.97 Å². The van der Waals surface area contributed by atoms with Gasteiger partial charge in [0, 0.05) is 36.7 Å². The minimum absolute atomic E-state index is 0.226. The molecule has 2 aliphatic rings. The third kappa shape index (κ3) is 4.62. The molecule has 0 atom stereocenters. The Balaban J connectivity index is 1.46.